The molecular formula is C18H13ClN2O4. The largest absolute Gasteiger partial charge is 0.478 e. The second-order valence-corrected chi connectivity index (χ2v) is 5.28. The highest BCUT2D eigenvalue weighted by atomic mass is 35.5. The number of benzene rings is 1. The Balaban J connectivity index is 2.31. The van der Waals surface area contributed by atoms with Crippen LogP contribution in [0.15, 0.2) is 53.0 Å². The van der Waals surface area contributed by atoms with Crippen LogP contribution in [-0.2, 0) is 4.79 Å². The molecule has 0 atom stereocenters. The van der Waals surface area contributed by atoms with Crippen LogP contribution < -0.4 is 5.32 Å². The van der Waals surface area contributed by atoms with E-state index in [9.17, 15) is 9.59 Å². The molecule has 0 radical (unpaired) electrons. The molecule has 0 aliphatic heterocycles. The highest BCUT2D eigenvalue weighted by molar-refractivity contribution is 6.33. The van der Waals surface area contributed by atoms with E-state index in [0.29, 0.717) is 11.3 Å². The predicted octanol–water partition coefficient (Wildman–Crippen LogP) is 3.51. The molecule has 0 aliphatic carbocycles. The minimum atomic E-state index is -1.15. The van der Waals surface area contributed by atoms with Crippen molar-refractivity contribution >= 4 is 29.6 Å². The molecule has 0 spiro atoms. The van der Waals surface area contributed by atoms with Crippen LogP contribution in [0.25, 0.3) is 17.4 Å². The van der Waals surface area contributed by atoms with Gasteiger partial charge in [0.05, 0.1) is 10.6 Å². The molecule has 7 heteroatoms. The topological polar surface area (TPSA) is 103 Å². The maximum Gasteiger partial charge on any atom is 0.337 e. The third kappa shape index (κ3) is 4.37. The van der Waals surface area contributed by atoms with E-state index in [1.165, 1.54) is 24.3 Å². The summed E-state index contributed by atoms with van der Waals surface area (Å²) in [7, 11) is 0. The van der Waals surface area contributed by atoms with E-state index in [4.69, 9.17) is 26.4 Å². The lowest BCUT2D eigenvalue weighted by atomic mass is 10.1. The zero-order valence-electron chi connectivity index (χ0n) is 13.0. The average molecular weight is 357 g/mol. The number of amides is 1. The molecule has 25 heavy (non-hydrogen) atoms. The van der Waals surface area contributed by atoms with Gasteiger partial charge in [0, 0.05) is 18.2 Å². The number of nitriles is 1. The first-order chi connectivity index (χ1) is 12.0. The Morgan fingerprint density at radius 2 is 2.12 bits per heavy atom. The van der Waals surface area contributed by atoms with Crippen LogP contribution in [0.1, 0.15) is 16.1 Å². The van der Waals surface area contributed by atoms with Gasteiger partial charge in [0.1, 0.15) is 23.2 Å². The lowest BCUT2D eigenvalue weighted by molar-refractivity contribution is -0.116. The van der Waals surface area contributed by atoms with Gasteiger partial charge in [-0.05, 0) is 30.3 Å². The summed E-state index contributed by atoms with van der Waals surface area (Å²) in [5.41, 5.74) is 0.343. The summed E-state index contributed by atoms with van der Waals surface area (Å²) < 4.78 is 5.57. The van der Waals surface area contributed by atoms with E-state index in [-0.39, 0.29) is 28.5 Å². The monoisotopic (exact) mass is 356 g/mol. The Morgan fingerprint density at radius 1 is 1.36 bits per heavy atom. The molecular weight excluding hydrogens is 344 g/mol. The van der Waals surface area contributed by atoms with Crippen molar-refractivity contribution < 1.29 is 19.1 Å². The quantitative estimate of drug-likeness (QED) is 0.468. The van der Waals surface area contributed by atoms with E-state index in [2.05, 4.69) is 11.9 Å². The van der Waals surface area contributed by atoms with Gasteiger partial charge < -0.3 is 14.8 Å². The number of rotatable bonds is 6. The van der Waals surface area contributed by atoms with Gasteiger partial charge in [-0.1, -0.05) is 17.7 Å². The average Bonchev–Trinajstić information content (AvgIpc) is 3.06. The molecule has 1 heterocycles. The summed E-state index contributed by atoms with van der Waals surface area (Å²) in [5.74, 6) is -1.02. The first kappa shape index (κ1) is 18.0. The zero-order valence-corrected chi connectivity index (χ0v) is 13.7. The van der Waals surface area contributed by atoms with Gasteiger partial charge in [-0.25, -0.2) is 4.79 Å². The van der Waals surface area contributed by atoms with Crippen LogP contribution in [0.3, 0.4) is 0 Å². The zero-order chi connectivity index (χ0) is 18.4. The van der Waals surface area contributed by atoms with E-state index < -0.39 is 11.9 Å². The summed E-state index contributed by atoms with van der Waals surface area (Å²) >= 11 is 5.84. The van der Waals surface area contributed by atoms with Crippen molar-refractivity contribution in [3.63, 3.8) is 0 Å². The van der Waals surface area contributed by atoms with E-state index in [1.54, 1.807) is 24.3 Å². The number of halogens is 1. The van der Waals surface area contributed by atoms with E-state index >= 15 is 0 Å². The number of aromatic carboxylic acids is 1. The van der Waals surface area contributed by atoms with Gasteiger partial charge in [0.2, 0.25) is 0 Å². The summed E-state index contributed by atoms with van der Waals surface area (Å²) in [4.78, 5) is 22.9. The fraction of sp³-hybridized carbons (Fsp3) is 0.0556. The van der Waals surface area contributed by atoms with Gasteiger partial charge >= 0.3 is 5.97 Å². The molecule has 2 rings (SSSR count). The highest BCUT2D eigenvalue weighted by Crippen LogP contribution is 2.27. The van der Waals surface area contributed by atoms with E-state index in [1.807, 2.05) is 0 Å². The van der Waals surface area contributed by atoms with Crippen LogP contribution in [0.4, 0.5) is 0 Å². The second kappa shape index (κ2) is 7.99. The van der Waals surface area contributed by atoms with Crippen molar-refractivity contribution in [3.8, 4) is 17.4 Å². The fourth-order valence-corrected chi connectivity index (χ4v) is 2.18. The number of carboxylic acids is 1. The molecule has 1 aromatic heterocycles. The molecule has 0 aliphatic rings. The first-order valence-electron chi connectivity index (χ1n) is 7.10. The summed E-state index contributed by atoms with van der Waals surface area (Å²) in [6, 6.07) is 9.44. The molecule has 2 aromatic rings. The highest BCUT2D eigenvalue weighted by Gasteiger charge is 2.13. The molecule has 0 bridgehead atoms. The van der Waals surface area contributed by atoms with Gasteiger partial charge in [-0.3, -0.25) is 4.79 Å². The van der Waals surface area contributed by atoms with Crippen LogP contribution >= 0.6 is 11.6 Å². The van der Waals surface area contributed by atoms with Gasteiger partial charge in [0.25, 0.3) is 5.91 Å². The van der Waals surface area contributed by atoms with Gasteiger partial charge in [-0.15, -0.1) is 6.58 Å². The van der Waals surface area contributed by atoms with Crippen molar-refractivity contribution in [2.75, 3.05) is 6.54 Å². The smallest absolute Gasteiger partial charge is 0.337 e. The molecule has 0 unspecified atom stereocenters. The number of furan rings is 1. The molecule has 0 fully saturated rings. The molecule has 1 amide bonds. The van der Waals surface area contributed by atoms with Crippen LogP contribution in [-0.4, -0.2) is 23.5 Å². The number of nitrogens with one attached hydrogen (secondary N) is 1. The number of carbonyl (C=O) groups excluding carboxylic acids is 1. The van der Waals surface area contributed by atoms with E-state index in [0.717, 1.165) is 0 Å². The Labute approximate surface area is 148 Å². The molecule has 0 saturated heterocycles. The number of nitrogens with zero attached hydrogens (tertiary/aromatic N) is 1. The lowest BCUT2D eigenvalue weighted by Crippen LogP contribution is -2.24. The first-order valence-corrected chi connectivity index (χ1v) is 7.48. The minimum Gasteiger partial charge on any atom is -0.478 e. The second-order valence-electron chi connectivity index (χ2n) is 4.87. The molecule has 1 aromatic carbocycles. The summed E-state index contributed by atoms with van der Waals surface area (Å²) in [6.07, 6.45) is 2.80. The minimum absolute atomic E-state index is 0.0471. The molecule has 126 valence electrons. The van der Waals surface area contributed by atoms with Crippen LogP contribution in [0, 0.1) is 11.3 Å². The Kier molecular flexibility index (Phi) is 5.77. The Hall–Kier alpha value is -3.30. The van der Waals surface area contributed by atoms with Crippen molar-refractivity contribution in [2.24, 2.45) is 0 Å². The van der Waals surface area contributed by atoms with Crippen LogP contribution in [0.2, 0.25) is 5.02 Å². The van der Waals surface area contributed by atoms with Crippen molar-refractivity contribution in [1.82, 2.24) is 5.32 Å². The number of hydrogen-bond donors (Lipinski definition) is 2. The third-order valence-corrected chi connectivity index (χ3v) is 3.50. The van der Waals surface area contributed by atoms with Gasteiger partial charge in [0.15, 0.2) is 0 Å². The van der Waals surface area contributed by atoms with Crippen LogP contribution in [0.5, 0.6) is 0 Å². The van der Waals surface area contributed by atoms with Crippen molar-refractivity contribution in [3.05, 3.63) is 64.9 Å². The lowest BCUT2D eigenvalue weighted by Gasteiger charge is -2.02. The summed E-state index contributed by atoms with van der Waals surface area (Å²) in [6.45, 7) is 3.72. The molecule has 0 saturated carbocycles. The standard InChI is InChI=1S/C18H13ClN2O4/c1-2-7-21-17(22)12(10-20)8-13-4-6-16(25-13)11-3-5-15(19)14(9-11)18(23)24/h2-6,8-9H,1,7H2,(H,21,22)(H,23,24). The third-order valence-electron chi connectivity index (χ3n) is 3.17. The number of carboxylic acid groups (broad SMARTS) is 1. The van der Waals surface area contributed by atoms with Crippen molar-refractivity contribution in [2.45, 2.75) is 0 Å². The predicted molar refractivity (Wildman–Crippen MR) is 92.9 cm³/mol. The SMILES string of the molecule is C=CCNC(=O)C(C#N)=Cc1ccc(-c2ccc(Cl)c(C(=O)O)c2)o1. The molecule has 6 nitrogen and oxygen atoms in total. The van der Waals surface area contributed by atoms with Gasteiger partial charge in [-0.2, -0.15) is 5.26 Å². The number of hydrogen-bond acceptors (Lipinski definition) is 4. The molecule has 2 N–H and O–H groups in total. The maximum atomic E-state index is 11.8. The summed E-state index contributed by atoms with van der Waals surface area (Å²) in [5, 5.41) is 20.8. The maximum absolute atomic E-state index is 11.8. The fourth-order valence-electron chi connectivity index (χ4n) is 1.98. The Bertz CT molecular complexity index is 906. The number of carbonyl (C=O) groups is 2. The normalized spacial score (nSPS) is 10.8. The van der Waals surface area contributed by atoms with Crippen molar-refractivity contribution in [1.29, 1.82) is 5.26 Å². The Morgan fingerprint density at radius 3 is 2.76 bits per heavy atom.